The van der Waals surface area contributed by atoms with Crippen LogP contribution in [0.15, 0.2) is 11.6 Å². The number of carbonyl (C=O) groups excluding carboxylic acids is 1. The van der Waals surface area contributed by atoms with Crippen molar-refractivity contribution in [2.75, 3.05) is 19.8 Å². The Hall–Kier alpha value is -0.830. The second-order valence-corrected chi connectivity index (χ2v) is 5.17. The van der Waals surface area contributed by atoms with Crippen molar-refractivity contribution in [1.29, 1.82) is 0 Å². The van der Waals surface area contributed by atoms with Gasteiger partial charge in [0, 0.05) is 31.2 Å². The number of rotatable bonds is 4. The van der Waals surface area contributed by atoms with Gasteiger partial charge in [0.1, 0.15) is 0 Å². The molecule has 1 saturated carbocycles. The van der Waals surface area contributed by atoms with Crippen LogP contribution in [0.5, 0.6) is 0 Å². The third-order valence-corrected chi connectivity index (χ3v) is 3.16. The van der Waals surface area contributed by atoms with E-state index in [4.69, 9.17) is 4.74 Å². The average molecular weight is 223 g/mol. The van der Waals surface area contributed by atoms with Crippen molar-refractivity contribution in [3.8, 4) is 0 Å². The van der Waals surface area contributed by atoms with Gasteiger partial charge in [-0.05, 0) is 33.1 Å². The number of ether oxygens (including phenoxy) is 1. The molecule has 0 N–H and O–H groups in total. The summed E-state index contributed by atoms with van der Waals surface area (Å²) in [6, 6.07) is 0.503. The lowest BCUT2D eigenvalue weighted by Gasteiger charge is -2.24. The molecule has 1 aliphatic carbocycles. The van der Waals surface area contributed by atoms with Crippen LogP contribution in [0.3, 0.4) is 0 Å². The van der Waals surface area contributed by atoms with Crippen molar-refractivity contribution >= 4 is 5.91 Å². The highest BCUT2D eigenvalue weighted by atomic mass is 16.5. The van der Waals surface area contributed by atoms with E-state index in [2.05, 4.69) is 0 Å². The Kier molecular flexibility index (Phi) is 3.64. The van der Waals surface area contributed by atoms with Crippen LogP contribution in [-0.2, 0) is 9.53 Å². The molecule has 2 aliphatic rings. The molecule has 90 valence electrons. The van der Waals surface area contributed by atoms with E-state index < -0.39 is 0 Å². The van der Waals surface area contributed by atoms with Gasteiger partial charge in [0.2, 0.25) is 5.91 Å². The molecule has 0 aromatic carbocycles. The molecule has 1 heterocycles. The number of carbonyl (C=O) groups is 1. The van der Waals surface area contributed by atoms with E-state index in [-0.39, 0.29) is 5.91 Å². The van der Waals surface area contributed by atoms with Crippen molar-refractivity contribution < 1.29 is 9.53 Å². The summed E-state index contributed by atoms with van der Waals surface area (Å²) in [4.78, 5) is 14.1. The van der Waals surface area contributed by atoms with Gasteiger partial charge in [-0.1, -0.05) is 5.57 Å². The lowest BCUT2D eigenvalue weighted by Crippen LogP contribution is -2.36. The Morgan fingerprint density at radius 3 is 2.62 bits per heavy atom. The van der Waals surface area contributed by atoms with Gasteiger partial charge in [-0.3, -0.25) is 4.79 Å². The maximum Gasteiger partial charge on any atom is 0.246 e. The molecule has 1 saturated heterocycles. The summed E-state index contributed by atoms with van der Waals surface area (Å²) < 4.78 is 5.37. The monoisotopic (exact) mass is 223 g/mol. The molecule has 0 spiro atoms. The highest BCUT2D eigenvalue weighted by molar-refractivity contribution is 5.88. The molecule has 0 unspecified atom stereocenters. The summed E-state index contributed by atoms with van der Waals surface area (Å²) in [5, 5.41) is 0. The fourth-order valence-corrected chi connectivity index (χ4v) is 2.14. The fourth-order valence-electron chi connectivity index (χ4n) is 2.14. The van der Waals surface area contributed by atoms with E-state index >= 15 is 0 Å². The van der Waals surface area contributed by atoms with Crippen molar-refractivity contribution in [2.24, 2.45) is 5.92 Å². The lowest BCUT2D eigenvalue weighted by atomic mass is 10.1. The molecule has 0 bridgehead atoms. The summed E-state index contributed by atoms with van der Waals surface area (Å²) >= 11 is 0. The number of allylic oxidation sites excluding steroid dienone is 1. The van der Waals surface area contributed by atoms with Crippen LogP contribution >= 0.6 is 0 Å². The van der Waals surface area contributed by atoms with Gasteiger partial charge in [0.15, 0.2) is 0 Å². The van der Waals surface area contributed by atoms with E-state index in [0.717, 1.165) is 31.8 Å². The summed E-state index contributed by atoms with van der Waals surface area (Å²) in [5.41, 5.74) is 1.08. The zero-order valence-corrected chi connectivity index (χ0v) is 10.2. The molecule has 3 nitrogen and oxygen atoms in total. The van der Waals surface area contributed by atoms with E-state index in [9.17, 15) is 4.79 Å². The molecule has 16 heavy (non-hydrogen) atoms. The minimum absolute atomic E-state index is 0.189. The molecule has 0 radical (unpaired) electrons. The van der Waals surface area contributed by atoms with Crippen LogP contribution in [0.2, 0.25) is 0 Å². The highest BCUT2D eigenvalue weighted by Crippen LogP contribution is 2.29. The van der Waals surface area contributed by atoms with E-state index in [1.54, 1.807) is 6.08 Å². The summed E-state index contributed by atoms with van der Waals surface area (Å²) in [5.74, 6) is 0.740. The van der Waals surface area contributed by atoms with Crippen LogP contribution in [-0.4, -0.2) is 36.6 Å². The number of amides is 1. The topological polar surface area (TPSA) is 29.5 Å². The molecule has 2 rings (SSSR count). The van der Waals surface area contributed by atoms with Crippen molar-refractivity contribution in [1.82, 2.24) is 4.90 Å². The first-order chi connectivity index (χ1) is 7.66. The average Bonchev–Trinajstić information content (AvgIpc) is 2.91. The first-order valence-corrected chi connectivity index (χ1v) is 6.20. The molecule has 3 heteroatoms. The first kappa shape index (κ1) is 11.6. The van der Waals surface area contributed by atoms with Crippen LogP contribution in [0, 0.1) is 5.92 Å². The third kappa shape index (κ3) is 3.08. The fraction of sp³-hybridized carbons (Fsp3) is 0.769. The van der Waals surface area contributed by atoms with Crippen LogP contribution in [0.4, 0.5) is 0 Å². The van der Waals surface area contributed by atoms with E-state index in [0.29, 0.717) is 12.0 Å². The normalized spacial score (nSPS) is 24.2. The number of hydrogen-bond donors (Lipinski definition) is 0. The van der Waals surface area contributed by atoms with E-state index in [1.165, 1.54) is 12.8 Å². The molecular formula is C13H21NO2. The second kappa shape index (κ2) is 5.00. The van der Waals surface area contributed by atoms with Crippen molar-refractivity contribution in [3.05, 3.63) is 11.6 Å². The van der Waals surface area contributed by atoms with Crippen molar-refractivity contribution in [3.63, 3.8) is 0 Å². The highest BCUT2D eigenvalue weighted by Gasteiger charge is 2.33. The Morgan fingerprint density at radius 2 is 2.12 bits per heavy atom. The SMILES string of the molecule is CC(C)=CC(=O)N(C[C@H]1CCOC1)C1CC1. The van der Waals surface area contributed by atoms with Crippen LogP contribution in [0.25, 0.3) is 0 Å². The summed E-state index contributed by atoms with van der Waals surface area (Å²) in [6.07, 6.45) is 5.21. The molecule has 2 fully saturated rings. The summed E-state index contributed by atoms with van der Waals surface area (Å²) in [6.45, 7) is 6.52. The van der Waals surface area contributed by atoms with Gasteiger partial charge in [0.05, 0.1) is 6.61 Å². The molecular weight excluding hydrogens is 202 g/mol. The van der Waals surface area contributed by atoms with Crippen LogP contribution in [0.1, 0.15) is 33.1 Å². The maximum absolute atomic E-state index is 12.0. The minimum Gasteiger partial charge on any atom is -0.381 e. The van der Waals surface area contributed by atoms with Crippen LogP contribution < -0.4 is 0 Å². The first-order valence-electron chi connectivity index (χ1n) is 6.20. The minimum atomic E-state index is 0.189. The van der Waals surface area contributed by atoms with Crippen molar-refractivity contribution in [2.45, 2.75) is 39.2 Å². The zero-order chi connectivity index (χ0) is 11.5. The molecule has 0 aromatic heterocycles. The summed E-state index contributed by atoms with van der Waals surface area (Å²) in [7, 11) is 0. The Morgan fingerprint density at radius 1 is 1.38 bits per heavy atom. The Bertz CT molecular complexity index is 284. The molecule has 1 aliphatic heterocycles. The maximum atomic E-state index is 12.0. The quantitative estimate of drug-likeness (QED) is 0.682. The smallest absolute Gasteiger partial charge is 0.246 e. The molecule has 1 atom stereocenters. The number of nitrogens with zero attached hydrogens (tertiary/aromatic N) is 1. The Labute approximate surface area is 97.5 Å². The third-order valence-electron chi connectivity index (χ3n) is 3.16. The van der Waals surface area contributed by atoms with Gasteiger partial charge < -0.3 is 9.64 Å². The zero-order valence-electron chi connectivity index (χ0n) is 10.2. The van der Waals surface area contributed by atoms with Gasteiger partial charge in [0.25, 0.3) is 0 Å². The Balaban J connectivity index is 1.93. The van der Waals surface area contributed by atoms with Gasteiger partial charge in [-0.2, -0.15) is 0 Å². The molecule has 0 aromatic rings. The predicted molar refractivity (Wildman–Crippen MR) is 63.1 cm³/mol. The predicted octanol–water partition coefficient (Wildman–Crippen LogP) is 1.98. The largest absolute Gasteiger partial charge is 0.381 e. The van der Waals surface area contributed by atoms with E-state index in [1.807, 2.05) is 18.7 Å². The van der Waals surface area contributed by atoms with Gasteiger partial charge in [-0.15, -0.1) is 0 Å². The lowest BCUT2D eigenvalue weighted by molar-refractivity contribution is -0.127. The standard InChI is InChI=1S/C13H21NO2/c1-10(2)7-13(15)14(12-3-4-12)8-11-5-6-16-9-11/h7,11-12H,3-6,8-9H2,1-2H3/t11-/m1/s1. The number of hydrogen-bond acceptors (Lipinski definition) is 2. The second-order valence-electron chi connectivity index (χ2n) is 5.17. The van der Waals surface area contributed by atoms with Gasteiger partial charge in [-0.25, -0.2) is 0 Å². The van der Waals surface area contributed by atoms with Gasteiger partial charge >= 0.3 is 0 Å². The molecule has 1 amide bonds.